The molecule has 1 saturated carbocycles. The number of halogens is 2. The predicted octanol–water partition coefficient (Wildman–Crippen LogP) is 4.73. The van der Waals surface area contributed by atoms with Crippen molar-refractivity contribution in [3.8, 4) is 0 Å². The smallest absolute Gasteiger partial charge is 0.288 e. The van der Waals surface area contributed by atoms with Crippen LogP contribution in [0, 0.1) is 0 Å². The summed E-state index contributed by atoms with van der Waals surface area (Å²) < 4.78 is 49.7. The number of hydrogen-bond donors (Lipinski definition) is 1. The highest BCUT2D eigenvalue weighted by atomic mass is 32.2. The van der Waals surface area contributed by atoms with E-state index in [9.17, 15) is 22.0 Å². The van der Waals surface area contributed by atoms with Crippen LogP contribution in [0.5, 0.6) is 0 Å². The first-order chi connectivity index (χ1) is 12.8. The number of sulfone groups is 1. The van der Waals surface area contributed by atoms with Crippen LogP contribution in [0.4, 0.5) is 14.5 Å². The summed E-state index contributed by atoms with van der Waals surface area (Å²) in [4.78, 5) is 13.5. The van der Waals surface area contributed by atoms with Gasteiger partial charge in [-0.05, 0) is 49.2 Å². The van der Waals surface area contributed by atoms with Gasteiger partial charge in [0.2, 0.25) is 5.91 Å². The summed E-state index contributed by atoms with van der Waals surface area (Å²) in [5.41, 5.74) is 0.383. The molecule has 2 aromatic rings. The molecule has 0 atom stereocenters. The summed E-state index contributed by atoms with van der Waals surface area (Å²) in [7, 11) is -3.86. The first kappa shape index (κ1) is 19.8. The Hall–Kier alpha value is -1.93. The third-order valence-electron chi connectivity index (χ3n) is 4.73. The Balaban J connectivity index is 1.86. The van der Waals surface area contributed by atoms with Crippen LogP contribution in [-0.4, -0.2) is 24.8 Å². The van der Waals surface area contributed by atoms with E-state index in [0.717, 1.165) is 0 Å². The predicted molar refractivity (Wildman–Crippen MR) is 102 cm³/mol. The van der Waals surface area contributed by atoms with Crippen LogP contribution < -0.4 is 5.32 Å². The third kappa shape index (κ3) is 4.01. The number of benzene rings is 2. The van der Waals surface area contributed by atoms with Crippen molar-refractivity contribution >= 4 is 33.2 Å². The van der Waals surface area contributed by atoms with Crippen LogP contribution in [0.3, 0.4) is 0 Å². The minimum absolute atomic E-state index is 0.130. The van der Waals surface area contributed by atoms with Gasteiger partial charge >= 0.3 is 0 Å². The van der Waals surface area contributed by atoms with E-state index in [1.54, 1.807) is 18.2 Å². The average molecular weight is 411 g/mol. The minimum Gasteiger partial charge on any atom is -0.325 e. The fourth-order valence-corrected chi connectivity index (χ4v) is 5.94. The molecule has 0 heterocycles. The lowest BCUT2D eigenvalue weighted by Gasteiger charge is -2.27. The number of carbonyl (C=O) groups excluding carboxylic acids is 1. The Kier molecular flexibility index (Phi) is 5.86. The van der Waals surface area contributed by atoms with Crippen molar-refractivity contribution in [2.24, 2.45) is 0 Å². The molecule has 144 valence electrons. The van der Waals surface area contributed by atoms with Crippen molar-refractivity contribution < 1.29 is 22.0 Å². The molecule has 8 heteroatoms. The van der Waals surface area contributed by atoms with Gasteiger partial charge in [-0.15, -0.1) is 0 Å². The summed E-state index contributed by atoms with van der Waals surface area (Å²) in [5.74, 6) is -3.10. The summed E-state index contributed by atoms with van der Waals surface area (Å²) in [5, 5.41) is 2.67. The number of anilines is 1. The third-order valence-corrected chi connectivity index (χ3v) is 7.97. The van der Waals surface area contributed by atoms with Gasteiger partial charge in [-0.2, -0.15) is 8.78 Å². The Morgan fingerprint density at radius 3 is 2.15 bits per heavy atom. The van der Waals surface area contributed by atoms with E-state index in [-0.39, 0.29) is 17.7 Å². The molecule has 27 heavy (non-hydrogen) atoms. The molecule has 1 amide bonds. The molecule has 0 saturated heterocycles. The van der Waals surface area contributed by atoms with Crippen LogP contribution in [0.1, 0.15) is 25.7 Å². The molecule has 0 unspecified atom stereocenters. The van der Waals surface area contributed by atoms with Gasteiger partial charge in [-0.1, -0.05) is 42.8 Å². The van der Waals surface area contributed by atoms with Gasteiger partial charge in [0.1, 0.15) is 0 Å². The number of thioether (sulfide) groups is 1. The first-order valence-corrected chi connectivity index (χ1v) is 10.9. The molecule has 0 radical (unpaired) electrons. The van der Waals surface area contributed by atoms with Gasteiger partial charge in [-0.25, -0.2) is 8.42 Å². The molecular formula is C19H19F2NO3S2. The maximum absolute atomic E-state index is 13.2. The normalized spacial score (nSPS) is 16.4. The molecule has 1 aliphatic rings. The zero-order valence-corrected chi connectivity index (χ0v) is 16.0. The second-order valence-corrected chi connectivity index (χ2v) is 9.70. The van der Waals surface area contributed by atoms with E-state index in [4.69, 9.17) is 0 Å². The number of rotatable bonds is 6. The van der Waals surface area contributed by atoms with Crippen molar-refractivity contribution in [1.29, 1.82) is 0 Å². The molecular weight excluding hydrogens is 392 g/mol. The maximum Gasteiger partial charge on any atom is 0.288 e. The highest BCUT2D eigenvalue weighted by molar-refractivity contribution is 7.99. The number of carbonyl (C=O) groups is 1. The summed E-state index contributed by atoms with van der Waals surface area (Å²) in [6.07, 6.45) is 1.83. The van der Waals surface area contributed by atoms with Gasteiger partial charge in [0.05, 0.1) is 4.90 Å². The largest absolute Gasteiger partial charge is 0.325 e. The standard InChI is InChI=1S/C19H19F2NO3S2/c20-18(21)26-15-10-8-14(9-11-15)22-17(23)19(12-4-5-13-19)27(24,25)16-6-2-1-3-7-16/h1-3,6-11,18H,4-5,12-13H2,(H,22,23). The molecule has 0 bridgehead atoms. The fraction of sp³-hybridized carbons (Fsp3) is 0.316. The average Bonchev–Trinajstić information content (AvgIpc) is 3.15. The van der Waals surface area contributed by atoms with E-state index in [1.807, 2.05) is 0 Å². The van der Waals surface area contributed by atoms with E-state index in [1.165, 1.54) is 36.4 Å². The molecule has 1 aliphatic carbocycles. The second-order valence-electron chi connectivity index (χ2n) is 6.37. The van der Waals surface area contributed by atoms with Crippen molar-refractivity contribution in [1.82, 2.24) is 0 Å². The topological polar surface area (TPSA) is 63.2 Å². The van der Waals surface area contributed by atoms with Crippen molar-refractivity contribution in [2.45, 2.75) is 46.0 Å². The Bertz CT molecular complexity index is 894. The van der Waals surface area contributed by atoms with Crippen LogP contribution >= 0.6 is 11.8 Å². The molecule has 2 aromatic carbocycles. The second kappa shape index (κ2) is 7.98. The Labute approximate surface area is 161 Å². The minimum atomic E-state index is -3.86. The summed E-state index contributed by atoms with van der Waals surface area (Å²) in [6.45, 7) is 0. The van der Waals surface area contributed by atoms with Crippen molar-refractivity contribution in [2.75, 3.05) is 5.32 Å². The molecule has 0 spiro atoms. The van der Waals surface area contributed by atoms with E-state index in [0.29, 0.717) is 35.2 Å². The summed E-state index contributed by atoms with van der Waals surface area (Å²) in [6, 6.07) is 13.9. The summed E-state index contributed by atoms with van der Waals surface area (Å²) >= 11 is 0.410. The van der Waals surface area contributed by atoms with Gasteiger partial charge in [0.25, 0.3) is 5.76 Å². The number of hydrogen-bond acceptors (Lipinski definition) is 4. The molecule has 0 aliphatic heterocycles. The zero-order valence-electron chi connectivity index (χ0n) is 14.4. The van der Waals surface area contributed by atoms with E-state index in [2.05, 4.69) is 5.32 Å². The van der Waals surface area contributed by atoms with Crippen LogP contribution in [-0.2, 0) is 14.6 Å². The lowest BCUT2D eigenvalue weighted by molar-refractivity contribution is -0.118. The molecule has 3 rings (SSSR count). The molecule has 4 nitrogen and oxygen atoms in total. The number of alkyl halides is 2. The number of amides is 1. The van der Waals surface area contributed by atoms with Crippen molar-refractivity contribution in [3.05, 3.63) is 54.6 Å². The van der Waals surface area contributed by atoms with E-state index >= 15 is 0 Å². The van der Waals surface area contributed by atoms with Gasteiger partial charge in [0.15, 0.2) is 14.6 Å². The molecule has 0 aromatic heterocycles. The molecule has 1 N–H and O–H groups in total. The van der Waals surface area contributed by atoms with Gasteiger partial charge in [0, 0.05) is 10.6 Å². The first-order valence-electron chi connectivity index (χ1n) is 8.51. The highest BCUT2D eigenvalue weighted by Crippen LogP contribution is 2.41. The van der Waals surface area contributed by atoms with Gasteiger partial charge in [-0.3, -0.25) is 4.79 Å². The zero-order chi connectivity index (χ0) is 19.5. The lowest BCUT2D eigenvalue weighted by Crippen LogP contribution is -2.47. The van der Waals surface area contributed by atoms with Crippen molar-refractivity contribution in [3.63, 3.8) is 0 Å². The highest BCUT2D eigenvalue weighted by Gasteiger charge is 2.52. The van der Waals surface area contributed by atoms with Crippen LogP contribution in [0.2, 0.25) is 0 Å². The van der Waals surface area contributed by atoms with Gasteiger partial charge < -0.3 is 5.32 Å². The SMILES string of the molecule is O=C(Nc1ccc(SC(F)F)cc1)C1(S(=O)(=O)c2ccccc2)CCCC1. The van der Waals surface area contributed by atoms with E-state index < -0.39 is 26.2 Å². The van der Waals surface area contributed by atoms with Crippen LogP contribution in [0.15, 0.2) is 64.4 Å². The fourth-order valence-electron chi connectivity index (χ4n) is 3.35. The monoisotopic (exact) mass is 411 g/mol. The molecule has 1 fully saturated rings. The Morgan fingerprint density at radius 1 is 1.00 bits per heavy atom. The lowest BCUT2D eigenvalue weighted by atomic mass is 10.1. The number of nitrogens with one attached hydrogen (secondary N) is 1. The maximum atomic E-state index is 13.2. The van der Waals surface area contributed by atoms with Crippen LogP contribution in [0.25, 0.3) is 0 Å². The quantitative estimate of drug-likeness (QED) is 0.698. The Morgan fingerprint density at radius 2 is 1.59 bits per heavy atom.